The number of nitrogens with zero attached hydrogens (tertiary/aromatic N) is 1. The molecule has 2 heterocycles. The first kappa shape index (κ1) is 24.5. The van der Waals surface area contributed by atoms with Crippen LogP contribution in [-0.2, 0) is 14.3 Å². The SMILES string of the molecule is CCOC(=O)N[C@@]12C[C@@H]3CCCC[C@H]3[C@H](/C=C/c3ccc(-c4cccc(F)c4)cn3)[C@@H]1[C@@H](C)OC2=O. The lowest BCUT2D eigenvalue weighted by atomic mass is 9.54. The summed E-state index contributed by atoms with van der Waals surface area (Å²) in [6, 6.07) is 10.3. The molecular formula is C29H33FN2O4. The number of aromatic nitrogens is 1. The zero-order chi connectivity index (χ0) is 25.3. The summed E-state index contributed by atoms with van der Waals surface area (Å²) in [4.78, 5) is 30.3. The van der Waals surface area contributed by atoms with Gasteiger partial charge in [0.05, 0.1) is 12.3 Å². The fourth-order valence-corrected chi connectivity index (χ4v) is 6.77. The quantitative estimate of drug-likeness (QED) is 0.536. The third-order valence-electron chi connectivity index (χ3n) is 8.23. The molecule has 1 aromatic carbocycles. The van der Waals surface area contributed by atoms with Crippen molar-refractivity contribution in [3.8, 4) is 11.1 Å². The molecule has 1 aromatic heterocycles. The molecule has 1 amide bonds. The Morgan fingerprint density at radius 3 is 2.83 bits per heavy atom. The molecule has 5 rings (SSSR count). The molecule has 0 spiro atoms. The Hall–Kier alpha value is -3.22. The lowest BCUT2D eigenvalue weighted by Crippen LogP contribution is -2.63. The molecule has 3 aliphatic rings. The van der Waals surface area contributed by atoms with Gasteiger partial charge in [0.15, 0.2) is 0 Å². The Morgan fingerprint density at radius 1 is 1.25 bits per heavy atom. The summed E-state index contributed by atoms with van der Waals surface area (Å²) >= 11 is 0. The number of hydrogen-bond acceptors (Lipinski definition) is 5. The second-order valence-electron chi connectivity index (χ2n) is 10.3. The first-order chi connectivity index (χ1) is 17.4. The predicted octanol–water partition coefficient (Wildman–Crippen LogP) is 5.77. The van der Waals surface area contributed by atoms with Gasteiger partial charge in [0.25, 0.3) is 0 Å². The van der Waals surface area contributed by atoms with Gasteiger partial charge in [-0.3, -0.25) is 4.98 Å². The first-order valence-corrected chi connectivity index (χ1v) is 13.0. The van der Waals surface area contributed by atoms with Crippen LogP contribution in [0.4, 0.5) is 9.18 Å². The number of nitrogens with one attached hydrogen (secondary N) is 1. The molecule has 1 aliphatic heterocycles. The topological polar surface area (TPSA) is 77.5 Å². The number of pyridine rings is 1. The number of fused-ring (bicyclic) bond motifs is 2. The van der Waals surface area contributed by atoms with Crippen LogP contribution in [0.25, 0.3) is 17.2 Å². The van der Waals surface area contributed by atoms with Crippen molar-refractivity contribution in [1.29, 1.82) is 0 Å². The first-order valence-electron chi connectivity index (χ1n) is 13.0. The maximum absolute atomic E-state index is 13.6. The maximum atomic E-state index is 13.6. The van der Waals surface area contributed by atoms with Gasteiger partial charge in [0.1, 0.15) is 17.5 Å². The fourth-order valence-electron chi connectivity index (χ4n) is 6.77. The molecule has 0 bridgehead atoms. The molecule has 7 heteroatoms. The average molecular weight is 493 g/mol. The number of carbonyl (C=O) groups excluding carboxylic acids is 2. The number of esters is 1. The Bertz CT molecular complexity index is 1150. The van der Waals surface area contributed by atoms with Gasteiger partial charge in [-0.25, -0.2) is 14.0 Å². The highest BCUT2D eigenvalue weighted by atomic mass is 19.1. The molecule has 6 nitrogen and oxygen atoms in total. The van der Waals surface area contributed by atoms with Crippen LogP contribution in [0.2, 0.25) is 0 Å². The number of benzene rings is 1. The van der Waals surface area contributed by atoms with Crippen molar-refractivity contribution >= 4 is 18.1 Å². The lowest BCUT2D eigenvalue weighted by Gasteiger charge is -2.50. The largest absolute Gasteiger partial charge is 0.460 e. The van der Waals surface area contributed by atoms with Crippen LogP contribution >= 0.6 is 0 Å². The van der Waals surface area contributed by atoms with E-state index in [1.54, 1.807) is 19.2 Å². The monoisotopic (exact) mass is 492 g/mol. The van der Waals surface area contributed by atoms with Crippen LogP contribution in [0, 0.1) is 29.5 Å². The molecule has 0 unspecified atom stereocenters. The van der Waals surface area contributed by atoms with E-state index in [1.165, 1.54) is 18.6 Å². The molecule has 1 N–H and O–H groups in total. The van der Waals surface area contributed by atoms with Crippen molar-refractivity contribution in [2.24, 2.45) is 23.7 Å². The highest BCUT2D eigenvalue weighted by molar-refractivity contribution is 5.88. The van der Waals surface area contributed by atoms with Crippen molar-refractivity contribution in [2.45, 2.75) is 57.6 Å². The van der Waals surface area contributed by atoms with Gasteiger partial charge >= 0.3 is 12.1 Å². The van der Waals surface area contributed by atoms with E-state index in [-0.39, 0.29) is 36.3 Å². The summed E-state index contributed by atoms with van der Waals surface area (Å²) in [6.45, 7) is 3.91. The van der Waals surface area contributed by atoms with Crippen LogP contribution in [0.1, 0.15) is 51.6 Å². The Labute approximate surface area is 211 Å². The molecule has 3 fully saturated rings. The number of cyclic esters (lactones) is 1. The second kappa shape index (κ2) is 10.0. The van der Waals surface area contributed by atoms with Crippen LogP contribution < -0.4 is 5.32 Å². The van der Waals surface area contributed by atoms with Gasteiger partial charge in [0.2, 0.25) is 0 Å². The minimum atomic E-state index is -1.08. The van der Waals surface area contributed by atoms with E-state index in [4.69, 9.17) is 9.47 Å². The molecule has 1 saturated heterocycles. The molecule has 36 heavy (non-hydrogen) atoms. The molecule has 190 valence electrons. The predicted molar refractivity (Wildman–Crippen MR) is 134 cm³/mol. The minimum Gasteiger partial charge on any atom is -0.460 e. The van der Waals surface area contributed by atoms with Gasteiger partial charge in [-0.15, -0.1) is 0 Å². The van der Waals surface area contributed by atoms with Crippen LogP contribution in [-0.4, -0.2) is 35.3 Å². The van der Waals surface area contributed by atoms with Gasteiger partial charge in [-0.1, -0.05) is 43.5 Å². The van der Waals surface area contributed by atoms with Crippen molar-refractivity contribution in [3.05, 3.63) is 60.2 Å². The Balaban J connectivity index is 1.45. The third kappa shape index (κ3) is 4.51. The zero-order valence-electron chi connectivity index (χ0n) is 20.8. The standard InChI is InChI=1S/C29H33FN2O4/c1-3-35-28(34)32-29-16-20-7-4-5-10-24(20)25(26(29)18(2)36-27(29)33)14-13-23-12-11-21(17-31-23)19-8-6-9-22(30)15-19/h6,8-9,11-15,17-18,20,24-26H,3-5,7,10,16H2,1-2H3,(H,32,34)/b14-13+/t18-,20+,24-,25+,26+,29+/m1/s1. The Morgan fingerprint density at radius 2 is 2.08 bits per heavy atom. The van der Waals surface area contributed by atoms with Crippen molar-refractivity contribution in [2.75, 3.05) is 6.61 Å². The van der Waals surface area contributed by atoms with Gasteiger partial charge < -0.3 is 14.8 Å². The van der Waals surface area contributed by atoms with Crippen LogP contribution in [0.15, 0.2) is 48.7 Å². The lowest BCUT2D eigenvalue weighted by molar-refractivity contribution is -0.147. The number of rotatable bonds is 5. The van der Waals surface area contributed by atoms with E-state index >= 15 is 0 Å². The van der Waals surface area contributed by atoms with E-state index in [2.05, 4.69) is 16.4 Å². The number of amides is 1. The van der Waals surface area contributed by atoms with Crippen LogP contribution in [0.3, 0.4) is 0 Å². The van der Waals surface area contributed by atoms with E-state index in [1.807, 2.05) is 31.2 Å². The number of carbonyl (C=O) groups is 2. The normalized spacial score (nSPS) is 31.4. The molecule has 2 saturated carbocycles. The van der Waals surface area contributed by atoms with Crippen molar-refractivity contribution in [1.82, 2.24) is 10.3 Å². The third-order valence-corrected chi connectivity index (χ3v) is 8.23. The highest BCUT2D eigenvalue weighted by Crippen LogP contribution is 2.55. The van der Waals surface area contributed by atoms with E-state index in [0.29, 0.717) is 18.3 Å². The summed E-state index contributed by atoms with van der Waals surface area (Å²) in [7, 11) is 0. The summed E-state index contributed by atoms with van der Waals surface area (Å²) in [6.07, 6.45) is 10.0. The van der Waals surface area contributed by atoms with E-state index in [0.717, 1.165) is 36.1 Å². The number of ether oxygens (including phenoxy) is 2. The summed E-state index contributed by atoms with van der Waals surface area (Å²) < 4.78 is 24.6. The number of alkyl carbamates (subject to hydrolysis) is 1. The number of hydrogen-bond donors (Lipinski definition) is 1. The molecular weight excluding hydrogens is 459 g/mol. The van der Waals surface area contributed by atoms with Gasteiger partial charge in [-0.05, 0) is 74.3 Å². The number of allylic oxidation sites excluding steroid dienone is 1. The maximum Gasteiger partial charge on any atom is 0.408 e. The smallest absolute Gasteiger partial charge is 0.408 e. The molecule has 2 aliphatic carbocycles. The summed E-state index contributed by atoms with van der Waals surface area (Å²) in [5.74, 6) is -0.0201. The van der Waals surface area contributed by atoms with Gasteiger partial charge in [-0.2, -0.15) is 0 Å². The van der Waals surface area contributed by atoms with Gasteiger partial charge in [0, 0.05) is 17.7 Å². The summed E-state index contributed by atoms with van der Waals surface area (Å²) in [5.41, 5.74) is 1.33. The van der Waals surface area contributed by atoms with Crippen molar-refractivity contribution in [3.63, 3.8) is 0 Å². The minimum absolute atomic E-state index is 0.0529. The summed E-state index contributed by atoms with van der Waals surface area (Å²) in [5, 5.41) is 2.95. The Kier molecular flexibility index (Phi) is 6.82. The van der Waals surface area contributed by atoms with E-state index < -0.39 is 11.6 Å². The van der Waals surface area contributed by atoms with E-state index in [9.17, 15) is 14.0 Å². The average Bonchev–Trinajstić information content (AvgIpc) is 3.11. The van der Waals surface area contributed by atoms with Crippen molar-refractivity contribution < 1.29 is 23.5 Å². The number of halogens is 1. The second-order valence-corrected chi connectivity index (χ2v) is 10.3. The van der Waals surface area contributed by atoms with Crippen LogP contribution in [0.5, 0.6) is 0 Å². The highest BCUT2D eigenvalue weighted by Gasteiger charge is 2.64. The molecule has 2 aromatic rings. The molecule has 0 radical (unpaired) electrons. The zero-order valence-corrected chi connectivity index (χ0v) is 20.8. The fraction of sp³-hybridized carbons (Fsp3) is 0.483. The molecule has 6 atom stereocenters.